The summed E-state index contributed by atoms with van der Waals surface area (Å²) in [5.41, 5.74) is 2.49. The molecule has 1 aliphatic rings. The highest BCUT2D eigenvalue weighted by atomic mass is 16.5. The molecular formula is C21H26N2O5. The zero-order valence-electron chi connectivity index (χ0n) is 16.8. The van der Waals surface area contributed by atoms with Crippen LogP contribution in [-0.4, -0.2) is 32.9 Å². The fourth-order valence-electron chi connectivity index (χ4n) is 3.43. The minimum Gasteiger partial charge on any atom is -0.710 e. The summed E-state index contributed by atoms with van der Waals surface area (Å²) in [5, 5.41) is 12.8. The Morgan fingerprint density at radius 2 is 1.71 bits per heavy atom. The summed E-state index contributed by atoms with van der Waals surface area (Å²) in [6.45, 7) is 2.43. The van der Waals surface area contributed by atoms with Crippen LogP contribution in [0.1, 0.15) is 42.4 Å². The molecule has 7 nitrogen and oxygen atoms in total. The summed E-state index contributed by atoms with van der Waals surface area (Å²) in [4.78, 5) is 4.46. The van der Waals surface area contributed by atoms with Crippen LogP contribution in [0.3, 0.4) is 0 Å². The third-order valence-corrected chi connectivity index (χ3v) is 4.76. The molecule has 2 aromatic rings. The Morgan fingerprint density at radius 1 is 1.04 bits per heavy atom. The average molecular weight is 386 g/mol. The van der Waals surface area contributed by atoms with Crippen molar-refractivity contribution < 1.29 is 23.7 Å². The van der Waals surface area contributed by atoms with Crippen LogP contribution in [0.2, 0.25) is 0 Å². The average Bonchev–Trinajstić information content (AvgIpc) is 2.74. The monoisotopic (exact) mass is 386 g/mol. The van der Waals surface area contributed by atoms with Gasteiger partial charge < -0.3 is 24.2 Å². The van der Waals surface area contributed by atoms with Crippen LogP contribution in [0.25, 0.3) is 12.2 Å². The summed E-state index contributed by atoms with van der Waals surface area (Å²) in [7, 11) is 4.69. The number of aromatic nitrogens is 2. The Hall–Kier alpha value is -2.96. The van der Waals surface area contributed by atoms with Gasteiger partial charge in [-0.1, -0.05) is 0 Å². The molecular weight excluding hydrogens is 360 g/mol. The number of nitrogens with zero attached hydrogens (tertiary/aromatic N) is 2. The number of ether oxygens (including phenoxy) is 4. The predicted octanol–water partition coefficient (Wildman–Crippen LogP) is 3.19. The zero-order valence-corrected chi connectivity index (χ0v) is 16.8. The zero-order chi connectivity index (χ0) is 20.1. The molecule has 1 heterocycles. The van der Waals surface area contributed by atoms with Gasteiger partial charge in [-0.15, -0.1) is 0 Å². The van der Waals surface area contributed by atoms with Crippen LogP contribution in [-0.2, 0) is 12.8 Å². The Balaban J connectivity index is 2.01. The molecule has 0 amide bonds. The van der Waals surface area contributed by atoms with E-state index in [4.69, 9.17) is 18.9 Å². The minimum absolute atomic E-state index is 0.304. The molecule has 0 fully saturated rings. The standard InChI is InChI=1S/C21H26N2O5/c1-5-28-21-15-8-6-7-9-16(15)23(24)19(22-21)11-10-14-12-17(25-2)20(27-4)18(13-14)26-3/h10-13H,5-9H2,1-4H3. The van der Waals surface area contributed by atoms with Crippen molar-refractivity contribution >= 4 is 12.2 Å². The van der Waals surface area contributed by atoms with Gasteiger partial charge in [-0.05, 0) is 54.9 Å². The summed E-state index contributed by atoms with van der Waals surface area (Å²) in [5.74, 6) is 2.48. The van der Waals surface area contributed by atoms with Crippen molar-refractivity contribution in [2.24, 2.45) is 0 Å². The lowest BCUT2D eigenvalue weighted by Gasteiger charge is -2.19. The van der Waals surface area contributed by atoms with Gasteiger partial charge >= 0.3 is 11.7 Å². The van der Waals surface area contributed by atoms with Crippen LogP contribution in [0.5, 0.6) is 23.1 Å². The molecule has 0 spiro atoms. The molecule has 1 aliphatic carbocycles. The number of benzene rings is 1. The third-order valence-electron chi connectivity index (χ3n) is 4.76. The first kappa shape index (κ1) is 19.8. The van der Waals surface area contributed by atoms with Crippen LogP contribution in [0.15, 0.2) is 12.1 Å². The van der Waals surface area contributed by atoms with E-state index in [1.54, 1.807) is 33.5 Å². The lowest BCUT2D eigenvalue weighted by atomic mass is 9.96. The van der Waals surface area contributed by atoms with E-state index in [2.05, 4.69) is 4.98 Å². The van der Waals surface area contributed by atoms with E-state index in [1.165, 1.54) is 0 Å². The van der Waals surface area contributed by atoms with Gasteiger partial charge in [0.2, 0.25) is 5.75 Å². The van der Waals surface area contributed by atoms with Crippen molar-refractivity contribution in [2.45, 2.75) is 32.6 Å². The normalized spacial score (nSPS) is 13.3. The molecule has 0 saturated heterocycles. The highest BCUT2D eigenvalue weighted by Gasteiger charge is 2.26. The second-order valence-corrected chi connectivity index (χ2v) is 6.43. The predicted molar refractivity (Wildman–Crippen MR) is 106 cm³/mol. The van der Waals surface area contributed by atoms with E-state index in [0.29, 0.717) is 35.6 Å². The van der Waals surface area contributed by atoms with Gasteiger partial charge in [-0.25, -0.2) is 4.73 Å². The van der Waals surface area contributed by atoms with Crippen LogP contribution in [0, 0.1) is 5.21 Å². The van der Waals surface area contributed by atoms with Crippen molar-refractivity contribution in [3.63, 3.8) is 0 Å². The van der Waals surface area contributed by atoms with Gasteiger partial charge in [0.25, 0.3) is 0 Å². The van der Waals surface area contributed by atoms with Crippen molar-refractivity contribution in [1.82, 2.24) is 4.98 Å². The quantitative estimate of drug-likeness (QED) is 0.537. The number of rotatable bonds is 7. The molecule has 28 heavy (non-hydrogen) atoms. The minimum atomic E-state index is 0.304. The van der Waals surface area contributed by atoms with Crippen LogP contribution < -0.4 is 23.7 Å². The molecule has 0 atom stereocenters. The number of hydrogen-bond acceptors (Lipinski definition) is 6. The third kappa shape index (κ3) is 3.83. The summed E-state index contributed by atoms with van der Waals surface area (Å²) in [6, 6.07) is 3.63. The largest absolute Gasteiger partial charge is 0.710 e. The maximum Gasteiger partial charge on any atom is 0.335 e. The van der Waals surface area contributed by atoms with E-state index >= 15 is 0 Å². The molecule has 0 aliphatic heterocycles. The molecule has 1 aromatic carbocycles. The summed E-state index contributed by atoms with van der Waals surface area (Å²) < 4.78 is 22.7. The molecule has 1 aromatic heterocycles. The van der Waals surface area contributed by atoms with Gasteiger partial charge in [-0.2, -0.15) is 0 Å². The van der Waals surface area contributed by atoms with Gasteiger partial charge in [0.1, 0.15) is 5.69 Å². The fourth-order valence-corrected chi connectivity index (χ4v) is 3.43. The number of fused-ring (bicyclic) bond motifs is 1. The van der Waals surface area contributed by atoms with Crippen molar-refractivity contribution in [3.8, 4) is 23.1 Å². The van der Waals surface area contributed by atoms with E-state index in [-0.39, 0.29) is 0 Å². The summed E-state index contributed by atoms with van der Waals surface area (Å²) in [6.07, 6.45) is 7.11. The molecule has 7 heteroatoms. The van der Waals surface area contributed by atoms with Crippen LogP contribution in [0.4, 0.5) is 0 Å². The van der Waals surface area contributed by atoms with Crippen molar-refractivity contribution in [1.29, 1.82) is 0 Å². The SMILES string of the molecule is CCOc1nc(C=Cc2cc(OC)c(OC)c(OC)c2)[n+]([O-])c2c1CCCC2. The molecule has 150 valence electrons. The lowest BCUT2D eigenvalue weighted by molar-refractivity contribution is -0.620. The van der Waals surface area contributed by atoms with E-state index in [0.717, 1.165) is 47.2 Å². The topological polar surface area (TPSA) is 76.8 Å². The first-order valence-corrected chi connectivity index (χ1v) is 9.39. The van der Waals surface area contributed by atoms with Gasteiger partial charge in [0.05, 0.1) is 33.5 Å². The van der Waals surface area contributed by atoms with Gasteiger partial charge in [-0.3, -0.25) is 0 Å². The molecule has 0 saturated carbocycles. The first-order chi connectivity index (χ1) is 13.6. The van der Waals surface area contributed by atoms with Crippen LogP contribution >= 0.6 is 0 Å². The Kier molecular flexibility index (Phi) is 6.23. The van der Waals surface area contributed by atoms with Gasteiger partial charge in [0.15, 0.2) is 11.5 Å². The lowest BCUT2D eigenvalue weighted by Crippen LogP contribution is -2.39. The maximum absolute atomic E-state index is 12.8. The second-order valence-electron chi connectivity index (χ2n) is 6.43. The van der Waals surface area contributed by atoms with E-state index in [1.807, 2.05) is 19.1 Å². The number of methoxy groups -OCH3 is 3. The van der Waals surface area contributed by atoms with Gasteiger partial charge in [0, 0.05) is 12.5 Å². The smallest absolute Gasteiger partial charge is 0.335 e. The first-order valence-electron chi connectivity index (χ1n) is 9.39. The highest BCUT2D eigenvalue weighted by Crippen LogP contribution is 2.38. The number of hydrogen-bond donors (Lipinski definition) is 0. The Bertz CT molecular complexity index is 855. The molecule has 3 rings (SSSR count). The highest BCUT2D eigenvalue weighted by molar-refractivity contribution is 5.70. The maximum atomic E-state index is 12.8. The van der Waals surface area contributed by atoms with Crippen molar-refractivity contribution in [3.05, 3.63) is 40.0 Å². The summed E-state index contributed by atoms with van der Waals surface area (Å²) >= 11 is 0. The van der Waals surface area contributed by atoms with Crippen molar-refractivity contribution in [2.75, 3.05) is 27.9 Å². The molecule has 0 bridgehead atoms. The van der Waals surface area contributed by atoms with E-state index < -0.39 is 0 Å². The molecule has 0 radical (unpaired) electrons. The Morgan fingerprint density at radius 3 is 2.32 bits per heavy atom. The second kappa shape index (κ2) is 8.82. The molecule has 0 unspecified atom stereocenters. The Labute approximate surface area is 165 Å². The fraction of sp³-hybridized carbons (Fsp3) is 0.429. The van der Waals surface area contributed by atoms with E-state index in [9.17, 15) is 5.21 Å². The molecule has 0 N–H and O–H groups in total.